The van der Waals surface area contributed by atoms with E-state index in [2.05, 4.69) is 15.5 Å². The van der Waals surface area contributed by atoms with Gasteiger partial charge in [-0.1, -0.05) is 53.7 Å². The van der Waals surface area contributed by atoms with Gasteiger partial charge in [-0.2, -0.15) is 0 Å². The summed E-state index contributed by atoms with van der Waals surface area (Å²) in [5.41, 5.74) is 1.77. The van der Waals surface area contributed by atoms with Gasteiger partial charge in [-0.3, -0.25) is 9.36 Å². The van der Waals surface area contributed by atoms with Crippen molar-refractivity contribution in [1.82, 2.24) is 20.1 Å². The van der Waals surface area contributed by atoms with Gasteiger partial charge in [0.25, 0.3) is 0 Å². The maximum atomic E-state index is 12.8. The molecule has 0 fully saturated rings. The molecule has 36 heavy (non-hydrogen) atoms. The molecule has 1 aliphatic rings. The average molecular weight is 523 g/mol. The molecule has 0 spiro atoms. The predicted molar refractivity (Wildman–Crippen MR) is 137 cm³/mol. The van der Waals surface area contributed by atoms with E-state index in [1.807, 2.05) is 65.2 Å². The number of amides is 1. The molecule has 0 radical (unpaired) electrons. The molecule has 0 saturated heterocycles. The Morgan fingerprint density at radius 3 is 2.75 bits per heavy atom. The molecule has 1 amide bonds. The molecule has 1 aliphatic heterocycles. The molecule has 0 saturated carbocycles. The van der Waals surface area contributed by atoms with Gasteiger partial charge in [-0.15, -0.1) is 10.2 Å². The predicted octanol–water partition coefficient (Wildman–Crippen LogP) is 4.85. The van der Waals surface area contributed by atoms with E-state index in [0.29, 0.717) is 28.4 Å². The lowest BCUT2D eigenvalue weighted by atomic mass is 10.1. The van der Waals surface area contributed by atoms with E-state index in [1.165, 1.54) is 11.8 Å². The number of ether oxygens (including phenoxy) is 3. The zero-order valence-corrected chi connectivity index (χ0v) is 21.0. The van der Waals surface area contributed by atoms with Crippen LogP contribution >= 0.6 is 23.4 Å². The van der Waals surface area contributed by atoms with Gasteiger partial charge < -0.3 is 19.5 Å². The second-order valence-corrected chi connectivity index (χ2v) is 9.26. The molecule has 5 rings (SSSR count). The fourth-order valence-electron chi connectivity index (χ4n) is 3.83. The van der Waals surface area contributed by atoms with Gasteiger partial charge in [-0.05, 0) is 42.5 Å². The lowest BCUT2D eigenvalue weighted by Gasteiger charge is -2.13. The largest absolute Gasteiger partial charge is 0.497 e. The summed E-state index contributed by atoms with van der Waals surface area (Å²) in [6.45, 7) is 0.541. The van der Waals surface area contributed by atoms with Crippen molar-refractivity contribution < 1.29 is 19.0 Å². The lowest BCUT2D eigenvalue weighted by molar-refractivity contribution is -0.119. The fraction of sp³-hybridized carbons (Fsp3) is 0.192. The summed E-state index contributed by atoms with van der Waals surface area (Å²) in [6.07, 6.45) is 0. The first-order valence-electron chi connectivity index (χ1n) is 11.2. The van der Waals surface area contributed by atoms with Crippen molar-refractivity contribution in [3.8, 4) is 22.9 Å². The van der Waals surface area contributed by atoms with Gasteiger partial charge in [0.05, 0.1) is 23.9 Å². The number of carbonyl (C=O) groups is 1. The Morgan fingerprint density at radius 1 is 1.14 bits per heavy atom. The molecular weight excluding hydrogens is 500 g/mol. The number of aromatic nitrogens is 3. The van der Waals surface area contributed by atoms with E-state index in [4.69, 9.17) is 25.8 Å². The van der Waals surface area contributed by atoms with Crippen molar-refractivity contribution in [2.75, 3.05) is 19.5 Å². The molecule has 3 aromatic carbocycles. The van der Waals surface area contributed by atoms with E-state index in [0.717, 1.165) is 22.7 Å². The number of thioether (sulfide) groups is 1. The van der Waals surface area contributed by atoms with Crippen molar-refractivity contribution in [2.24, 2.45) is 0 Å². The molecule has 2 heterocycles. The van der Waals surface area contributed by atoms with Gasteiger partial charge in [0.15, 0.2) is 11.0 Å². The zero-order chi connectivity index (χ0) is 24.9. The van der Waals surface area contributed by atoms with Crippen LogP contribution in [0.15, 0.2) is 78.0 Å². The number of halogens is 1. The van der Waals surface area contributed by atoms with E-state index in [1.54, 1.807) is 19.2 Å². The maximum Gasteiger partial charge on any atom is 0.231 e. The molecule has 4 aromatic rings. The highest BCUT2D eigenvalue weighted by atomic mass is 35.5. The Bertz CT molecular complexity index is 1370. The van der Waals surface area contributed by atoms with Crippen LogP contribution < -0.4 is 19.5 Å². The Balaban J connectivity index is 1.29. The summed E-state index contributed by atoms with van der Waals surface area (Å²) in [5, 5.41) is 12.8. The smallest absolute Gasteiger partial charge is 0.231 e. The molecule has 0 bridgehead atoms. The molecule has 1 unspecified atom stereocenters. The molecule has 10 heteroatoms. The SMILES string of the molecule is COc1ccc2c(c1)C(NC(=O)CSc1nnc(COc3ccccc3Cl)n1-c1ccccc1)CO2. The minimum absolute atomic E-state index is 0.138. The van der Waals surface area contributed by atoms with Crippen LogP contribution in [0.25, 0.3) is 5.69 Å². The Morgan fingerprint density at radius 2 is 1.94 bits per heavy atom. The normalized spacial score (nSPS) is 14.1. The number of fused-ring (bicyclic) bond motifs is 1. The van der Waals surface area contributed by atoms with Crippen molar-refractivity contribution >= 4 is 29.3 Å². The number of methoxy groups -OCH3 is 1. The summed E-state index contributed by atoms with van der Waals surface area (Å²) in [5.74, 6) is 2.64. The summed E-state index contributed by atoms with van der Waals surface area (Å²) in [4.78, 5) is 12.8. The number of hydrogen-bond donors (Lipinski definition) is 1. The minimum Gasteiger partial charge on any atom is -0.497 e. The van der Waals surface area contributed by atoms with Crippen LogP contribution in [-0.2, 0) is 11.4 Å². The summed E-state index contributed by atoms with van der Waals surface area (Å²) in [7, 11) is 1.61. The molecule has 1 atom stereocenters. The van der Waals surface area contributed by atoms with Gasteiger partial charge >= 0.3 is 0 Å². The van der Waals surface area contributed by atoms with E-state index < -0.39 is 0 Å². The van der Waals surface area contributed by atoms with Crippen molar-refractivity contribution in [3.63, 3.8) is 0 Å². The van der Waals surface area contributed by atoms with Crippen molar-refractivity contribution in [2.45, 2.75) is 17.8 Å². The van der Waals surface area contributed by atoms with Crippen LogP contribution in [0.5, 0.6) is 17.2 Å². The monoisotopic (exact) mass is 522 g/mol. The number of nitrogens with zero attached hydrogens (tertiary/aromatic N) is 3. The molecule has 1 N–H and O–H groups in total. The average Bonchev–Trinajstić information content (AvgIpc) is 3.51. The highest BCUT2D eigenvalue weighted by Gasteiger charge is 2.26. The first kappa shape index (κ1) is 24.0. The van der Waals surface area contributed by atoms with E-state index in [-0.39, 0.29) is 24.3 Å². The minimum atomic E-state index is -0.241. The first-order chi connectivity index (χ1) is 17.6. The highest BCUT2D eigenvalue weighted by molar-refractivity contribution is 7.99. The topological polar surface area (TPSA) is 87.5 Å². The number of rotatable bonds is 9. The maximum absolute atomic E-state index is 12.8. The van der Waals surface area contributed by atoms with Crippen molar-refractivity contribution in [1.29, 1.82) is 0 Å². The molecular formula is C26H23ClN4O4S. The second-order valence-electron chi connectivity index (χ2n) is 7.91. The van der Waals surface area contributed by atoms with Crippen LogP contribution in [0, 0.1) is 0 Å². The molecule has 0 aliphatic carbocycles. The third kappa shape index (κ3) is 5.27. The molecule has 184 valence electrons. The van der Waals surface area contributed by atoms with Crippen LogP contribution in [-0.4, -0.2) is 40.1 Å². The van der Waals surface area contributed by atoms with Gasteiger partial charge in [0.2, 0.25) is 5.91 Å². The molecule has 1 aromatic heterocycles. The zero-order valence-electron chi connectivity index (χ0n) is 19.4. The van der Waals surface area contributed by atoms with Gasteiger partial charge in [0, 0.05) is 11.3 Å². The van der Waals surface area contributed by atoms with Gasteiger partial charge in [0.1, 0.15) is 30.5 Å². The van der Waals surface area contributed by atoms with E-state index >= 15 is 0 Å². The number of carbonyl (C=O) groups excluding carboxylic acids is 1. The van der Waals surface area contributed by atoms with Crippen LogP contribution in [0.2, 0.25) is 5.02 Å². The number of hydrogen-bond acceptors (Lipinski definition) is 7. The molecule has 8 nitrogen and oxygen atoms in total. The summed E-state index contributed by atoms with van der Waals surface area (Å²) < 4.78 is 18.8. The Kier molecular flexibility index (Phi) is 7.29. The Labute approximate surface area is 217 Å². The number of benzene rings is 3. The van der Waals surface area contributed by atoms with Gasteiger partial charge in [-0.25, -0.2) is 0 Å². The number of nitrogens with one attached hydrogen (secondary N) is 1. The fourth-order valence-corrected chi connectivity index (χ4v) is 4.81. The van der Waals surface area contributed by atoms with Crippen LogP contribution in [0.4, 0.5) is 0 Å². The number of para-hydroxylation sites is 2. The third-order valence-electron chi connectivity index (χ3n) is 5.57. The summed E-state index contributed by atoms with van der Waals surface area (Å²) >= 11 is 7.52. The summed E-state index contributed by atoms with van der Waals surface area (Å²) in [6, 6.07) is 22.3. The van der Waals surface area contributed by atoms with E-state index in [9.17, 15) is 4.79 Å². The quantitative estimate of drug-likeness (QED) is 0.314. The highest BCUT2D eigenvalue weighted by Crippen LogP contribution is 2.35. The first-order valence-corrected chi connectivity index (χ1v) is 12.6. The standard InChI is InChI=1S/C26H23ClN4O4S/c1-33-18-11-12-22-19(13-18)21(14-34-22)28-25(32)16-36-26-30-29-24(31(26)17-7-3-2-4-8-17)15-35-23-10-6-5-9-20(23)27/h2-13,21H,14-16H2,1H3,(H,28,32). The lowest BCUT2D eigenvalue weighted by Crippen LogP contribution is -2.30. The van der Waals surface area contributed by atoms with Crippen LogP contribution in [0.1, 0.15) is 17.4 Å². The van der Waals surface area contributed by atoms with Crippen molar-refractivity contribution in [3.05, 3.63) is 89.2 Å². The third-order valence-corrected chi connectivity index (χ3v) is 6.81. The Hall–Kier alpha value is -3.69. The second kappa shape index (κ2) is 10.9. The van der Waals surface area contributed by atoms with Crippen LogP contribution in [0.3, 0.4) is 0 Å².